The van der Waals surface area contributed by atoms with Crippen molar-refractivity contribution < 1.29 is 17.9 Å². The molecule has 0 spiro atoms. The van der Waals surface area contributed by atoms with Crippen molar-refractivity contribution in [2.45, 2.75) is 30.8 Å². The molecule has 2 N–H and O–H groups in total. The monoisotopic (exact) mass is 429 g/mol. The van der Waals surface area contributed by atoms with Crippen LogP contribution in [0.15, 0.2) is 58.9 Å². The van der Waals surface area contributed by atoms with Gasteiger partial charge in [0.05, 0.1) is 10.5 Å². The van der Waals surface area contributed by atoms with Gasteiger partial charge in [-0.1, -0.05) is 19.1 Å². The van der Waals surface area contributed by atoms with Crippen LogP contribution in [-0.4, -0.2) is 25.4 Å². The second-order valence-electron chi connectivity index (χ2n) is 6.76. The standard InChI is InChI=1S/C20H19N3O4S2/c1-12-13(2)27-18-16(12)4-3-5-17(18)19(24)22-14-6-8-15(9-7-14)29(25,26)23-20-21-10-11-28-20/h3-13H,1-2H3,(H,21,23)(H,22,24)/t12-,13-/m0/s1. The molecule has 150 valence electrons. The summed E-state index contributed by atoms with van der Waals surface area (Å²) in [4.78, 5) is 16.7. The smallest absolute Gasteiger partial charge is 0.263 e. The van der Waals surface area contributed by atoms with Crippen molar-refractivity contribution in [2.75, 3.05) is 10.0 Å². The Morgan fingerprint density at radius 3 is 2.59 bits per heavy atom. The molecule has 2 heterocycles. The van der Waals surface area contributed by atoms with Gasteiger partial charge in [0, 0.05) is 28.7 Å². The van der Waals surface area contributed by atoms with E-state index in [0.29, 0.717) is 22.1 Å². The Bertz CT molecular complexity index is 1140. The number of thiazole rings is 1. The predicted molar refractivity (Wildman–Crippen MR) is 112 cm³/mol. The van der Waals surface area contributed by atoms with E-state index in [2.05, 4.69) is 21.9 Å². The Hall–Kier alpha value is -2.91. The lowest BCUT2D eigenvalue weighted by atomic mass is 9.97. The fourth-order valence-electron chi connectivity index (χ4n) is 3.13. The molecular formula is C20H19N3O4S2. The van der Waals surface area contributed by atoms with E-state index >= 15 is 0 Å². The quantitative estimate of drug-likeness (QED) is 0.637. The lowest BCUT2D eigenvalue weighted by molar-refractivity contribution is 0.102. The van der Waals surface area contributed by atoms with E-state index in [1.54, 1.807) is 23.6 Å². The summed E-state index contributed by atoms with van der Waals surface area (Å²) in [6, 6.07) is 11.5. The fourth-order valence-corrected chi connectivity index (χ4v) is 4.92. The molecule has 7 nitrogen and oxygen atoms in total. The fraction of sp³-hybridized carbons (Fsp3) is 0.200. The van der Waals surface area contributed by atoms with Gasteiger partial charge in [0.1, 0.15) is 11.9 Å². The number of nitrogens with zero attached hydrogens (tertiary/aromatic N) is 1. The third-order valence-electron chi connectivity index (χ3n) is 4.87. The van der Waals surface area contributed by atoms with Gasteiger partial charge >= 0.3 is 0 Å². The van der Waals surface area contributed by atoms with Crippen molar-refractivity contribution in [3.63, 3.8) is 0 Å². The molecule has 4 rings (SSSR count). The summed E-state index contributed by atoms with van der Waals surface area (Å²) < 4.78 is 33.1. The van der Waals surface area contributed by atoms with Crippen molar-refractivity contribution in [1.82, 2.24) is 4.98 Å². The molecule has 0 unspecified atom stereocenters. The molecule has 9 heteroatoms. The van der Waals surface area contributed by atoms with Crippen LogP contribution >= 0.6 is 11.3 Å². The van der Waals surface area contributed by atoms with Crippen molar-refractivity contribution in [2.24, 2.45) is 0 Å². The number of para-hydroxylation sites is 1. The molecule has 2 atom stereocenters. The number of sulfonamides is 1. The maximum absolute atomic E-state index is 12.8. The van der Waals surface area contributed by atoms with E-state index < -0.39 is 10.0 Å². The highest BCUT2D eigenvalue weighted by molar-refractivity contribution is 7.93. The average molecular weight is 430 g/mol. The molecule has 1 aliphatic heterocycles. The zero-order valence-corrected chi connectivity index (χ0v) is 17.4. The topological polar surface area (TPSA) is 97.4 Å². The van der Waals surface area contributed by atoms with Gasteiger partial charge in [-0.05, 0) is 37.3 Å². The SMILES string of the molecule is C[C@@H]1Oc2c(C(=O)Nc3ccc(S(=O)(=O)Nc4nccs4)cc3)cccc2[C@H]1C. The van der Waals surface area contributed by atoms with Crippen LogP contribution in [0.4, 0.5) is 10.8 Å². The van der Waals surface area contributed by atoms with Gasteiger partial charge in [0.25, 0.3) is 15.9 Å². The number of hydrogen-bond donors (Lipinski definition) is 2. The number of anilines is 2. The Labute approximate surface area is 172 Å². The molecule has 0 radical (unpaired) electrons. The number of aromatic nitrogens is 1. The molecule has 0 aliphatic carbocycles. The first kappa shape index (κ1) is 19.4. The number of fused-ring (bicyclic) bond motifs is 1. The number of rotatable bonds is 5. The summed E-state index contributed by atoms with van der Waals surface area (Å²) in [5.41, 5.74) is 1.96. The van der Waals surface area contributed by atoms with Crippen LogP contribution in [-0.2, 0) is 10.0 Å². The number of nitrogens with one attached hydrogen (secondary N) is 2. The summed E-state index contributed by atoms with van der Waals surface area (Å²) >= 11 is 1.19. The lowest BCUT2D eigenvalue weighted by Gasteiger charge is -2.11. The normalized spacial score (nSPS) is 18.0. The Kier molecular flexibility index (Phi) is 5.01. The summed E-state index contributed by atoms with van der Waals surface area (Å²) in [5.74, 6) is 0.518. The largest absolute Gasteiger partial charge is 0.489 e. The highest BCUT2D eigenvalue weighted by Gasteiger charge is 2.31. The molecule has 0 bridgehead atoms. The number of amides is 1. The average Bonchev–Trinajstić information content (AvgIpc) is 3.30. The van der Waals surface area contributed by atoms with Gasteiger partial charge in [0.2, 0.25) is 0 Å². The molecule has 1 aromatic heterocycles. The Morgan fingerprint density at radius 1 is 1.14 bits per heavy atom. The van der Waals surface area contributed by atoms with Crippen LogP contribution in [0.2, 0.25) is 0 Å². The van der Waals surface area contributed by atoms with Crippen LogP contribution < -0.4 is 14.8 Å². The van der Waals surface area contributed by atoms with Gasteiger partial charge in [-0.25, -0.2) is 13.4 Å². The minimum Gasteiger partial charge on any atom is -0.489 e. The number of carbonyl (C=O) groups is 1. The molecule has 3 aromatic rings. The molecular weight excluding hydrogens is 410 g/mol. The van der Waals surface area contributed by atoms with Gasteiger partial charge in [-0.15, -0.1) is 11.3 Å². The first-order valence-corrected chi connectivity index (χ1v) is 11.3. The molecule has 0 saturated heterocycles. The van der Waals surface area contributed by atoms with E-state index in [1.807, 2.05) is 19.1 Å². The van der Waals surface area contributed by atoms with E-state index in [4.69, 9.17) is 4.74 Å². The molecule has 0 fully saturated rings. The van der Waals surface area contributed by atoms with Gasteiger partial charge in [-0.2, -0.15) is 0 Å². The van der Waals surface area contributed by atoms with E-state index in [-0.39, 0.29) is 22.8 Å². The third-order valence-corrected chi connectivity index (χ3v) is 7.04. The number of benzene rings is 2. The van der Waals surface area contributed by atoms with Crippen LogP contribution in [0.1, 0.15) is 35.7 Å². The first-order chi connectivity index (χ1) is 13.8. The Morgan fingerprint density at radius 2 is 1.90 bits per heavy atom. The van der Waals surface area contributed by atoms with Gasteiger partial charge in [-0.3, -0.25) is 9.52 Å². The zero-order chi connectivity index (χ0) is 20.6. The van der Waals surface area contributed by atoms with E-state index in [0.717, 1.165) is 5.56 Å². The minimum atomic E-state index is -3.74. The van der Waals surface area contributed by atoms with E-state index in [9.17, 15) is 13.2 Å². The molecule has 1 aliphatic rings. The van der Waals surface area contributed by atoms with Crippen LogP contribution in [0.25, 0.3) is 0 Å². The highest BCUT2D eigenvalue weighted by atomic mass is 32.2. The molecule has 29 heavy (non-hydrogen) atoms. The predicted octanol–water partition coefficient (Wildman–Crippen LogP) is 4.08. The van der Waals surface area contributed by atoms with E-state index in [1.165, 1.54) is 29.7 Å². The summed E-state index contributed by atoms with van der Waals surface area (Å²) in [5, 5.41) is 4.78. The first-order valence-electron chi connectivity index (χ1n) is 8.98. The maximum Gasteiger partial charge on any atom is 0.263 e. The van der Waals surface area contributed by atoms with Crippen LogP contribution in [0.5, 0.6) is 5.75 Å². The van der Waals surface area contributed by atoms with Crippen molar-refractivity contribution >= 4 is 38.1 Å². The van der Waals surface area contributed by atoms with Crippen molar-refractivity contribution in [3.8, 4) is 5.75 Å². The molecule has 0 saturated carbocycles. The second kappa shape index (κ2) is 7.49. The van der Waals surface area contributed by atoms with Gasteiger partial charge < -0.3 is 10.1 Å². The lowest BCUT2D eigenvalue weighted by Crippen LogP contribution is -2.15. The maximum atomic E-state index is 12.8. The zero-order valence-electron chi connectivity index (χ0n) is 15.7. The molecule has 1 amide bonds. The minimum absolute atomic E-state index is 0.00813. The van der Waals surface area contributed by atoms with Gasteiger partial charge in [0.15, 0.2) is 5.13 Å². The summed E-state index contributed by atoms with van der Waals surface area (Å²) in [6.07, 6.45) is 1.53. The summed E-state index contributed by atoms with van der Waals surface area (Å²) in [7, 11) is -3.74. The molecule has 2 aromatic carbocycles. The Balaban J connectivity index is 1.51. The number of hydrogen-bond acceptors (Lipinski definition) is 6. The van der Waals surface area contributed by atoms with Crippen LogP contribution in [0.3, 0.4) is 0 Å². The third kappa shape index (κ3) is 3.83. The van der Waals surface area contributed by atoms with Crippen molar-refractivity contribution in [1.29, 1.82) is 0 Å². The van der Waals surface area contributed by atoms with Crippen molar-refractivity contribution in [3.05, 3.63) is 65.2 Å². The second-order valence-corrected chi connectivity index (χ2v) is 9.33. The number of carbonyl (C=O) groups excluding carboxylic acids is 1. The highest BCUT2D eigenvalue weighted by Crippen LogP contribution is 2.40. The number of ether oxygens (including phenoxy) is 1. The summed E-state index contributed by atoms with van der Waals surface area (Å²) in [6.45, 7) is 4.04. The van der Waals surface area contributed by atoms with Crippen LogP contribution in [0, 0.1) is 0 Å².